The van der Waals surface area contributed by atoms with Gasteiger partial charge in [-0.25, -0.2) is 4.98 Å². The molecule has 1 aliphatic heterocycles. The first kappa shape index (κ1) is 15.7. The van der Waals surface area contributed by atoms with Crippen molar-refractivity contribution in [2.75, 3.05) is 6.61 Å². The van der Waals surface area contributed by atoms with Crippen molar-refractivity contribution >= 4 is 29.1 Å². The maximum Gasteiger partial charge on any atom is 0.231 e. The summed E-state index contributed by atoms with van der Waals surface area (Å²) < 4.78 is 5.48. The Kier molecular flexibility index (Phi) is 4.10. The largest absolute Gasteiger partial charge is 0.476 e. The van der Waals surface area contributed by atoms with Gasteiger partial charge < -0.3 is 10.1 Å². The Morgan fingerprint density at radius 1 is 1.29 bits per heavy atom. The van der Waals surface area contributed by atoms with Crippen molar-refractivity contribution in [3.8, 4) is 5.88 Å². The quantitative estimate of drug-likeness (QED) is 0.891. The number of carbonyl (C=O) groups excluding carboxylic acids is 1. The lowest BCUT2D eigenvalue weighted by Gasteiger charge is -2.15. The van der Waals surface area contributed by atoms with Crippen LogP contribution in [0.3, 0.4) is 0 Å². The number of hydrogen-bond acceptors (Lipinski definition) is 3. The molecule has 0 bridgehead atoms. The molecule has 4 nitrogen and oxygen atoms in total. The molecule has 6 heteroatoms. The molecule has 1 unspecified atom stereocenters. The lowest BCUT2D eigenvalue weighted by atomic mass is 10.0. The third-order valence-electron chi connectivity index (χ3n) is 4.53. The van der Waals surface area contributed by atoms with Crippen LogP contribution in [0.15, 0.2) is 30.5 Å². The molecule has 1 N–H and O–H groups in total. The van der Waals surface area contributed by atoms with Crippen LogP contribution in [0.25, 0.3) is 0 Å². The topological polar surface area (TPSA) is 51.2 Å². The highest BCUT2D eigenvalue weighted by Gasteiger charge is 2.32. The Morgan fingerprint density at radius 2 is 2.12 bits per heavy atom. The number of fused-ring (bicyclic) bond motifs is 1. The van der Waals surface area contributed by atoms with E-state index in [-0.39, 0.29) is 11.8 Å². The number of ether oxygens (including phenoxy) is 1. The average Bonchev–Trinajstić information content (AvgIpc) is 3.32. The van der Waals surface area contributed by atoms with Gasteiger partial charge in [0, 0.05) is 28.4 Å². The first-order valence-corrected chi connectivity index (χ1v) is 8.72. The van der Waals surface area contributed by atoms with Gasteiger partial charge in [0.15, 0.2) is 0 Å². The normalized spacial score (nSPS) is 18.8. The van der Waals surface area contributed by atoms with Crippen molar-refractivity contribution in [1.82, 2.24) is 10.3 Å². The predicted octanol–water partition coefficient (Wildman–Crippen LogP) is 4.06. The zero-order chi connectivity index (χ0) is 16.7. The maximum absolute atomic E-state index is 12.6. The highest BCUT2D eigenvalue weighted by Crippen LogP contribution is 2.44. The van der Waals surface area contributed by atoms with Gasteiger partial charge in [-0.05, 0) is 48.1 Å². The predicted molar refractivity (Wildman–Crippen MR) is 92.8 cm³/mol. The lowest BCUT2D eigenvalue weighted by molar-refractivity contribution is -0.122. The molecule has 2 aliphatic rings. The molecular weight excluding hydrogens is 347 g/mol. The molecule has 1 amide bonds. The van der Waals surface area contributed by atoms with E-state index in [9.17, 15) is 4.79 Å². The van der Waals surface area contributed by atoms with E-state index in [1.807, 2.05) is 18.2 Å². The minimum absolute atomic E-state index is 0.0745. The number of amides is 1. The van der Waals surface area contributed by atoms with Gasteiger partial charge in [0.2, 0.25) is 11.8 Å². The molecule has 2 aromatic rings. The first-order valence-electron chi connectivity index (χ1n) is 7.96. The molecule has 0 spiro atoms. The van der Waals surface area contributed by atoms with Crippen LogP contribution in [0.5, 0.6) is 5.88 Å². The third-order valence-corrected chi connectivity index (χ3v) is 5.09. The molecule has 1 saturated carbocycles. The highest BCUT2D eigenvalue weighted by atomic mass is 35.5. The van der Waals surface area contributed by atoms with Crippen LogP contribution in [-0.4, -0.2) is 17.5 Å². The molecular formula is C18H16Cl2N2O2. The summed E-state index contributed by atoms with van der Waals surface area (Å²) >= 11 is 12.5. The van der Waals surface area contributed by atoms with E-state index in [2.05, 4.69) is 10.3 Å². The minimum atomic E-state index is -0.329. The molecule has 4 rings (SSSR count). The molecule has 0 saturated heterocycles. The standard InChI is InChI=1S/C18H16Cl2N2O2/c19-11-6-13(10-3-4-10)14(16(20)7-11)8-22-17(23)15-9-24-18-12(15)2-1-5-21-18/h1-2,5-7,10,15H,3-4,8-9H2,(H,22,23). The average molecular weight is 363 g/mol. The van der Waals surface area contributed by atoms with E-state index >= 15 is 0 Å². The van der Waals surface area contributed by atoms with E-state index < -0.39 is 0 Å². The summed E-state index contributed by atoms with van der Waals surface area (Å²) in [5, 5.41) is 4.24. The van der Waals surface area contributed by atoms with Crippen molar-refractivity contribution in [2.45, 2.75) is 31.2 Å². The van der Waals surface area contributed by atoms with Gasteiger partial charge in [-0.1, -0.05) is 29.3 Å². The first-order chi connectivity index (χ1) is 11.6. The molecule has 1 fully saturated rings. The monoisotopic (exact) mass is 362 g/mol. The van der Waals surface area contributed by atoms with Crippen LogP contribution < -0.4 is 10.1 Å². The Balaban J connectivity index is 1.51. The summed E-state index contributed by atoms with van der Waals surface area (Å²) in [6.07, 6.45) is 3.95. The van der Waals surface area contributed by atoms with Gasteiger partial charge in [0.1, 0.15) is 12.5 Å². The number of nitrogens with zero attached hydrogens (tertiary/aromatic N) is 1. The SMILES string of the molecule is O=C(NCc1c(Cl)cc(Cl)cc1C1CC1)C1COc2ncccc21. The van der Waals surface area contributed by atoms with Crippen LogP contribution in [0.4, 0.5) is 0 Å². The zero-order valence-corrected chi connectivity index (χ0v) is 14.4. The maximum atomic E-state index is 12.6. The van der Waals surface area contributed by atoms with Crippen LogP contribution in [0, 0.1) is 0 Å². The molecule has 1 aromatic heterocycles. The number of carbonyl (C=O) groups is 1. The van der Waals surface area contributed by atoms with Gasteiger partial charge in [0.25, 0.3) is 0 Å². The number of rotatable bonds is 4. The van der Waals surface area contributed by atoms with Crippen LogP contribution in [0.1, 0.15) is 41.4 Å². The Morgan fingerprint density at radius 3 is 2.92 bits per heavy atom. The van der Waals surface area contributed by atoms with Gasteiger partial charge in [-0.3, -0.25) is 4.79 Å². The van der Waals surface area contributed by atoms with Crippen molar-refractivity contribution in [3.05, 3.63) is 57.2 Å². The van der Waals surface area contributed by atoms with E-state index in [4.69, 9.17) is 27.9 Å². The van der Waals surface area contributed by atoms with Crippen LogP contribution in [-0.2, 0) is 11.3 Å². The second-order valence-corrected chi connectivity index (χ2v) is 7.05. The number of aromatic nitrogens is 1. The Hall–Kier alpha value is -1.78. The Bertz CT molecular complexity index is 806. The minimum Gasteiger partial charge on any atom is -0.476 e. The number of pyridine rings is 1. The number of nitrogens with one attached hydrogen (secondary N) is 1. The molecule has 24 heavy (non-hydrogen) atoms. The fraction of sp³-hybridized carbons (Fsp3) is 0.333. The molecule has 124 valence electrons. The molecule has 0 radical (unpaired) electrons. The summed E-state index contributed by atoms with van der Waals surface area (Å²) in [7, 11) is 0. The van der Waals surface area contributed by atoms with Crippen molar-refractivity contribution in [3.63, 3.8) is 0 Å². The molecule has 1 aromatic carbocycles. The number of hydrogen-bond donors (Lipinski definition) is 1. The smallest absolute Gasteiger partial charge is 0.231 e. The lowest BCUT2D eigenvalue weighted by Crippen LogP contribution is -2.30. The summed E-state index contributed by atoms with van der Waals surface area (Å²) in [4.78, 5) is 16.7. The molecule has 2 heterocycles. The van der Waals surface area contributed by atoms with Crippen molar-refractivity contribution < 1.29 is 9.53 Å². The number of benzene rings is 1. The van der Waals surface area contributed by atoms with Gasteiger partial charge in [0.05, 0.1) is 0 Å². The summed E-state index contributed by atoms with van der Waals surface area (Å²) in [6, 6.07) is 7.39. The van der Waals surface area contributed by atoms with Crippen molar-refractivity contribution in [1.29, 1.82) is 0 Å². The van der Waals surface area contributed by atoms with Gasteiger partial charge in [-0.15, -0.1) is 0 Å². The van der Waals surface area contributed by atoms with E-state index in [1.165, 1.54) is 0 Å². The molecule has 1 atom stereocenters. The summed E-state index contributed by atoms with van der Waals surface area (Å²) in [5.41, 5.74) is 2.94. The van der Waals surface area contributed by atoms with Crippen molar-refractivity contribution in [2.24, 2.45) is 0 Å². The Labute approximate surface area is 150 Å². The van der Waals surface area contributed by atoms with E-state index in [0.717, 1.165) is 29.5 Å². The van der Waals surface area contributed by atoms with Gasteiger partial charge >= 0.3 is 0 Å². The van der Waals surface area contributed by atoms with Gasteiger partial charge in [-0.2, -0.15) is 0 Å². The van der Waals surface area contributed by atoms with E-state index in [1.54, 1.807) is 12.3 Å². The zero-order valence-electron chi connectivity index (χ0n) is 12.9. The second kappa shape index (κ2) is 6.26. The fourth-order valence-electron chi connectivity index (χ4n) is 3.13. The highest BCUT2D eigenvalue weighted by molar-refractivity contribution is 6.35. The fourth-order valence-corrected chi connectivity index (χ4v) is 3.70. The molecule has 1 aliphatic carbocycles. The third kappa shape index (κ3) is 2.96. The second-order valence-electron chi connectivity index (χ2n) is 6.21. The van der Waals surface area contributed by atoms with E-state index in [0.29, 0.717) is 35.0 Å². The number of halogens is 2. The van der Waals surface area contributed by atoms with Crippen LogP contribution in [0.2, 0.25) is 10.0 Å². The van der Waals surface area contributed by atoms with Crippen LogP contribution >= 0.6 is 23.2 Å². The summed E-state index contributed by atoms with van der Waals surface area (Å²) in [5.74, 6) is 0.646. The summed E-state index contributed by atoms with van der Waals surface area (Å²) in [6.45, 7) is 0.717.